The van der Waals surface area contributed by atoms with Gasteiger partial charge in [-0.2, -0.15) is 0 Å². The number of nitrogens with one attached hydrogen (secondary N) is 2. The van der Waals surface area contributed by atoms with Crippen LogP contribution in [0.4, 0.5) is 0 Å². The summed E-state index contributed by atoms with van der Waals surface area (Å²) >= 11 is 0. The zero-order chi connectivity index (χ0) is 16.9. The summed E-state index contributed by atoms with van der Waals surface area (Å²) in [5.41, 5.74) is 0. The predicted molar refractivity (Wildman–Crippen MR) is 107 cm³/mol. The van der Waals surface area contributed by atoms with Gasteiger partial charge >= 0.3 is 0 Å². The van der Waals surface area contributed by atoms with Crippen LogP contribution in [0.2, 0.25) is 0 Å². The highest BCUT2D eigenvalue weighted by Crippen LogP contribution is 2.11. The van der Waals surface area contributed by atoms with E-state index in [-0.39, 0.29) is 41.5 Å². The summed E-state index contributed by atoms with van der Waals surface area (Å²) in [5.74, 6) is 2.54. The Hall–Kier alpha value is -0.840. The molecule has 0 spiro atoms. The summed E-state index contributed by atoms with van der Waals surface area (Å²) in [6, 6.07) is -0.0618. The molecular formula is C15H28IN5O2S. The van der Waals surface area contributed by atoms with Crippen molar-refractivity contribution in [2.45, 2.75) is 46.3 Å². The van der Waals surface area contributed by atoms with Crippen molar-refractivity contribution in [2.75, 3.05) is 18.1 Å². The summed E-state index contributed by atoms with van der Waals surface area (Å²) in [5, 5.41) is 6.38. The summed E-state index contributed by atoms with van der Waals surface area (Å²) in [4.78, 5) is 8.91. The molecule has 0 aliphatic carbocycles. The van der Waals surface area contributed by atoms with E-state index < -0.39 is 9.84 Å². The van der Waals surface area contributed by atoms with Crippen LogP contribution in [0.25, 0.3) is 0 Å². The second-order valence-corrected chi connectivity index (χ2v) is 8.56. The van der Waals surface area contributed by atoms with Crippen molar-refractivity contribution in [3.05, 3.63) is 18.2 Å². The minimum absolute atomic E-state index is 0. The molecule has 2 rings (SSSR count). The Morgan fingerprint density at radius 1 is 1.50 bits per heavy atom. The molecule has 7 nitrogen and oxygen atoms in total. The van der Waals surface area contributed by atoms with Gasteiger partial charge in [-0.05, 0) is 19.3 Å². The van der Waals surface area contributed by atoms with E-state index in [9.17, 15) is 8.42 Å². The minimum atomic E-state index is -2.90. The zero-order valence-corrected chi connectivity index (χ0v) is 17.7. The second-order valence-electron chi connectivity index (χ2n) is 6.33. The van der Waals surface area contributed by atoms with Crippen LogP contribution >= 0.6 is 24.0 Å². The smallest absolute Gasteiger partial charge is 0.191 e. The number of imidazole rings is 1. The van der Waals surface area contributed by atoms with Crippen LogP contribution in [0.1, 0.15) is 33.0 Å². The molecule has 0 aromatic carbocycles. The Kier molecular flexibility index (Phi) is 8.48. The molecule has 1 aliphatic rings. The first-order valence-electron chi connectivity index (χ1n) is 8.15. The third-order valence-electron chi connectivity index (χ3n) is 3.66. The van der Waals surface area contributed by atoms with E-state index in [0.717, 1.165) is 18.9 Å². The SMILES string of the molecule is CCNC(=NCc1nccn1CC(C)C)NC1CCS(=O)(=O)C1.I. The van der Waals surface area contributed by atoms with Gasteiger partial charge in [0.05, 0.1) is 11.5 Å². The normalized spacial score (nSPS) is 20.0. The Balaban J connectivity index is 0.00000288. The molecular weight excluding hydrogens is 441 g/mol. The van der Waals surface area contributed by atoms with Gasteiger partial charge in [0, 0.05) is 31.5 Å². The van der Waals surface area contributed by atoms with Gasteiger partial charge in [0.1, 0.15) is 12.4 Å². The number of rotatable bonds is 6. The fraction of sp³-hybridized carbons (Fsp3) is 0.733. The number of hydrogen-bond acceptors (Lipinski definition) is 4. The van der Waals surface area contributed by atoms with Crippen LogP contribution in [0.15, 0.2) is 17.4 Å². The molecule has 1 atom stereocenters. The third-order valence-corrected chi connectivity index (χ3v) is 5.43. The quantitative estimate of drug-likeness (QED) is 0.374. The standard InChI is InChI=1S/C15H27N5O2S.HI/c1-4-16-15(19-13-5-8-23(21,22)11-13)18-9-14-17-6-7-20(14)10-12(2)3;/h6-7,12-13H,4-5,8-11H2,1-3H3,(H2,16,18,19);1H. The Morgan fingerprint density at radius 2 is 2.25 bits per heavy atom. The number of hydrogen-bond donors (Lipinski definition) is 2. The van der Waals surface area contributed by atoms with Crippen molar-refractivity contribution < 1.29 is 8.42 Å². The molecule has 2 N–H and O–H groups in total. The molecule has 0 saturated carbocycles. The molecule has 9 heteroatoms. The Labute approximate surface area is 161 Å². The van der Waals surface area contributed by atoms with E-state index in [2.05, 4.69) is 39.0 Å². The van der Waals surface area contributed by atoms with Crippen molar-refractivity contribution in [1.29, 1.82) is 0 Å². The van der Waals surface area contributed by atoms with Crippen LogP contribution in [-0.2, 0) is 22.9 Å². The lowest BCUT2D eigenvalue weighted by Crippen LogP contribution is -2.44. The summed E-state index contributed by atoms with van der Waals surface area (Å²) in [6.45, 7) is 8.43. The Bertz CT molecular complexity index is 642. The van der Waals surface area contributed by atoms with Gasteiger partial charge in [-0.25, -0.2) is 18.4 Å². The zero-order valence-electron chi connectivity index (χ0n) is 14.5. The molecule has 138 valence electrons. The van der Waals surface area contributed by atoms with Crippen molar-refractivity contribution in [3.63, 3.8) is 0 Å². The van der Waals surface area contributed by atoms with Crippen molar-refractivity contribution in [1.82, 2.24) is 20.2 Å². The summed E-state index contributed by atoms with van der Waals surface area (Å²) < 4.78 is 25.2. The van der Waals surface area contributed by atoms with Gasteiger partial charge in [-0.1, -0.05) is 13.8 Å². The monoisotopic (exact) mass is 469 g/mol. The first-order chi connectivity index (χ1) is 10.9. The van der Waals surface area contributed by atoms with Crippen molar-refractivity contribution >= 4 is 39.8 Å². The van der Waals surface area contributed by atoms with Gasteiger partial charge < -0.3 is 15.2 Å². The van der Waals surface area contributed by atoms with Gasteiger partial charge in [-0.15, -0.1) is 24.0 Å². The maximum absolute atomic E-state index is 11.6. The first kappa shape index (κ1) is 21.2. The summed E-state index contributed by atoms with van der Waals surface area (Å²) in [7, 11) is -2.90. The lowest BCUT2D eigenvalue weighted by atomic mass is 10.2. The maximum atomic E-state index is 11.6. The molecule has 24 heavy (non-hydrogen) atoms. The second kappa shape index (κ2) is 9.59. The first-order valence-corrected chi connectivity index (χ1v) is 9.97. The minimum Gasteiger partial charge on any atom is -0.357 e. The van der Waals surface area contributed by atoms with Crippen LogP contribution < -0.4 is 10.6 Å². The third kappa shape index (κ3) is 6.58. The van der Waals surface area contributed by atoms with Gasteiger partial charge in [0.15, 0.2) is 15.8 Å². The lowest BCUT2D eigenvalue weighted by molar-refractivity contribution is 0.507. The van der Waals surface area contributed by atoms with Crippen LogP contribution in [0, 0.1) is 5.92 Å². The highest BCUT2D eigenvalue weighted by atomic mass is 127. The van der Waals surface area contributed by atoms with E-state index in [1.54, 1.807) is 6.20 Å². The molecule has 1 aliphatic heterocycles. The number of sulfone groups is 1. The molecule has 0 bridgehead atoms. The highest BCUT2D eigenvalue weighted by Gasteiger charge is 2.28. The predicted octanol–water partition coefficient (Wildman–Crippen LogP) is 1.40. The van der Waals surface area contributed by atoms with E-state index >= 15 is 0 Å². The fourth-order valence-electron chi connectivity index (χ4n) is 2.62. The number of nitrogens with zero attached hydrogens (tertiary/aromatic N) is 3. The highest BCUT2D eigenvalue weighted by molar-refractivity contribution is 14.0. The molecule has 1 aromatic heterocycles. The van der Waals surface area contributed by atoms with E-state index in [4.69, 9.17) is 0 Å². The van der Waals surface area contributed by atoms with Crippen LogP contribution in [-0.4, -0.2) is 48.0 Å². The van der Waals surface area contributed by atoms with Gasteiger partial charge in [0.2, 0.25) is 0 Å². The molecule has 1 unspecified atom stereocenters. The molecule has 1 saturated heterocycles. The fourth-order valence-corrected chi connectivity index (χ4v) is 4.30. The van der Waals surface area contributed by atoms with Crippen LogP contribution in [0.3, 0.4) is 0 Å². The van der Waals surface area contributed by atoms with Crippen molar-refractivity contribution in [2.24, 2.45) is 10.9 Å². The van der Waals surface area contributed by atoms with E-state index in [0.29, 0.717) is 24.8 Å². The van der Waals surface area contributed by atoms with E-state index in [1.165, 1.54) is 0 Å². The van der Waals surface area contributed by atoms with Gasteiger partial charge in [0.25, 0.3) is 0 Å². The average Bonchev–Trinajstić information content (AvgIpc) is 3.02. The number of aromatic nitrogens is 2. The number of aliphatic imine (C=N–C) groups is 1. The largest absolute Gasteiger partial charge is 0.357 e. The average molecular weight is 469 g/mol. The summed E-state index contributed by atoms with van der Waals surface area (Å²) in [6.07, 6.45) is 4.39. The maximum Gasteiger partial charge on any atom is 0.191 e. The topological polar surface area (TPSA) is 88.4 Å². The molecule has 1 fully saturated rings. The molecule has 1 aromatic rings. The molecule has 0 radical (unpaired) electrons. The number of guanidine groups is 1. The van der Waals surface area contributed by atoms with Crippen LogP contribution in [0.5, 0.6) is 0 Å². The lowest BCUT2D eigenvalue weighted by Gasteiger charge is -2.16. The van der Waals surface area contributed by atoms with Gasteiger partial charge in [-0.3, -0.25) is 0 Å². The molecule has 2 heterocycles. The Morgan fingerprint density at radius 3 is 2.83 bits per heavy atom. The van der Waals surface area contributed by atoms with Crippen molar-refractivity contribution in [3.8, 4) is 0 Å². The number of halogens is 1. The van der Waals surface area contributed by atoms with E-state index in [1.807, 2.05) is 13.1 Å². The molecule has 0 amide bonds.